The van der Waals surface area contributed by atoms with E-state index in [-0.39, 0.29) is 53.6 Å². The van der Waals surface area contributed by atoms with Gasteiger partial charge < -0.3 is 19.9 Å². The van der Waals surface area contributed by atoms with E-state index in [1.807, 2.05) is 17.2 Å². The van der Waals surface area contributed by atoms with Crippen LogP contribution in [0.1, 0.15) is 73.2 Å². The standard InChI is InChI=1S/C26H30Br2N2O4.Na/c27-19-12-18-7-6-17-13-20(31)14-21(28)24(17)25(26(18)29-15-19)16-8-10-30(11-9-16)22(32)4-2-1-3-5-23(33)34;/h12-16,25,31H,1-11H2,(H,33,34);/q;+1/p-1. The maximum absolute atomic E-state index is 12.7. The second-order valence-electron chi connectivity index (χ2n) is 9.33. The Bertz CT molecular complexity index is 1070. The molecule has 1 aromatic carbocycles. The summed E-state index contributed by atoms with van der Waals surface area (Å²) in [7, 11) is 0. The number of nitrogens with zero attached hydrogens (tertiary/aromatic N) is 2. The summed E-state index contributed by atoms with van der Waals surface area (Å²) in [5.74, 6) is -0.153. The van der Waals surface area contributed by atoms with Crippen LogP contribution in [0, 0.1) is 5.92 Å². The first-order valence-corrected chi connectivity index (χ1v) is 13.5. The second kappa shape index (κ2) is 13.0. The molecule has 1 fully saturated rings. The summed E-state index contributed by atoms with van der Waals surface area (Å²) in [6.45, 7) is 1.44. The number of carbonyl (C=O) groups is 2. The molecule has 6 nitrogen and oxygen atoms in total. The van der Waals surface area contributed by atoms with Crippen LogP contribution < -0.4 is 34.7 Å². The van der Waals surface area contributed by atoms with E-state index < -0.39 is 5.97 Å². The normalized spacial score (nSPS) is 17.7. The average Bonchev–Trinajstić information content (AvgIpc) is 2.95. The van der Waals surface area contributed by atoms with Crippen LogP contribution in [0.15, 0.2) is 33.3 Å². The van der Waals surface area contributed by atoms with Crippen LogP contribution in [0.3, 0.4) is 0 Å². The smallest absolute Gasteiger partial charge is 0.550 e. The number of hydrogen-bond acceptors (Lipinski definition) is 5. The number of carbonyl (C=O) groups excluding carboxylic acids is 2. The SMILES string of the molecule is O=C([O-])CCCCCC(=O)N1CCC(C2c3ncc(Br)cc3CCc3cc(O)cc(Br)c32)CC1.[Na+]. The number of unbranched alkanes of at least 4 members (excludes halogenated alkanes) is 2. The molecular formula is C26H29Br2N2NaO4. The topological polar surface area (TPSA) is 93.6 Å². The fourth-order valence-corrected chi connectivity index (χ4v) is 6.53. The van der Waals surface area contributed by atoms with Gasteiger partial charge in [0.15, 0.2) is 0 Å². The molecule has 2 heterocycles. The molecular weight excluding hydrogens is 587 g/mol. The number of aliphatic carboxylic acids is 1. The number of phenolic OH excluding ortho intramolecular Hbond substituents is 1. The Hall–Kier alpha value is -0.930. The zero-order chi connectivity index (χ0) is 24.2. The minimum atomic E-state index is -1.03. The zero-order valence-corrected chi connectivity index (χ0v) is 25.2. The molecule has 2 aliphatic rings. The van der Waals surface area contributed by atoms with Crippen LogP contribution in [-0.2, 0) is 22.4 Å². The molecule has 1 aromatic heterocycles. The van der Waals surface area contributed by atoms with Gasteiger partial charge in [-0.05, 0) is 102 Å². The van der Waals surface area contributed by atoms with Gasteiger partial charge in [-0.1, -0.05) is 22.4 Å². The summed E-state index contributed by atoms with van der Waals surface area (Å²) >= 11 is 7.29. The quantitative estimate of drug-likeness (QED) is 0.376. The summed E-state index contributed by atoms with van der Waals surface area (Å²) in [6.07, 6.45) is 7.90. The van der Waals surface area contributed by atoms with E-state index in [1.165, 1.54) is 11.1 Å². The zero-order valence-electron chi connectivity index (χ0n) is 20.1. The third-order valence-corrected chi connectivity index (χ3v) is 8.16. The van der Waals surface area contributed by atoms with E-state index >= 15 is 0 Å². The first-order chi connectivity index (χ1) is 16.3. The Balaban J connectivity index is 0.00000342. The van der Waals surface area contributed by atoms with Crippen molar-refractivity contribution in [3.8, 4) is 5.75 Å². The average molecular weight is 616 g/mol. The number of pyridine rings is 1. The van der Waals surface area contributed by atoms with Gasteiger partial charge in [-0.3, -0.25) is 9.78 Å². The molecule has 1 saturated heterocycles. The van der Waals surface area contributed by atoms with Crippen molar-refractivity contribution >= 4 is 43.7 Å². The minimum absolute atomic E-state index is 0. The number of aryl methyl sites for hydroxylation is 2. The second-order valence-corrected chi connectivity index (χ2v) is 11.1. The van der Waals surface area contributed by atoms with Crippen LogP contribution in [0.4, 0.5) is 0 Å². The first kappa shape index (κ1) is 28.6. The van der Waals surface area contributed by atoms with Gasteiger partial charge in [0.1, 0.15) is 5.75 Å². The van der Waals surface area contributed by atoms with E-state index in [0.29, 0.717) is 25.2 Å². The van der Waals surface area contributed by atoms with E-state index in [2.05, 4.69) is 37.9 Å². The Morgan fingerprint density at radius 3 is 2.43 bits per heavy atom. The fraction of sp³-hybridized carbons (Fsp3) is 0.500. The molecule has 182 valence electrons. The van der Waals surface area contributed by atoms with E-state index in [9.17, 15) is 19.8 Å². The van der Waals surface area contributed by atoms with Crippen molar-refractivity contribution in [3.05, 3.63) is 55.7 Å². The van der Waals surface area contributed by atoms with Crippen molar-refractivity contribution in [2.75, 3.05) is 13.1 Å². The van der Waals surface area contributed by atoms with Gasteiger partial charge >= 0.3 is 29.6 Å². The molecule has 0 bridgehead atoms. The molecule has 0 saturated carbocycles. The van der Waals surface area contributed by atoms with Crippen LogP contribution in [0.2, 0.25) is 0 Å². The number of likely N-dealkylation sites (tertiary alicyclic amines) is 1. The number of hydrogen-bond donors (Lipinski definition) is 1. The van der Waals surface area contributed by atoms with E-state index in [0.717, 1.165) is 65.4 Å². The van der Waals surface area contributed by atoms with Gasteiger partial charge in [0.05, 0.1) is 5.69 Å². The number of phenols is 1. The molecule has 2 aromatic rings. The Morgan fingerprint density at radius 1 is 1.03 bits per heavy atom. The third-order valence-electron chi connectivity index (χ3n) is 7.07. The molecule has 1 unspecified atom stereocenters. The summed E-state index contributed by atoms with van der Waals surface area (Å²) in [6, 6.07) is 5.82. The van der Waals surface area contributed by atoms with E-state index in [4.69, 9.17) is 4.98 Å². The maximum Gasteiger partial charge on any atom is 1.00 e. The van der Waals surface area contributed by atoms with Crippen LogP contribution >= 0.6 is 31.9 Å². The molecule has 0 spiro atoms. The molecule has 1 aliphatic heterocycles. The summed E-state index contributed by atoms with van der Waals surface area (Å²) in [5, 5.41) is 20.7. The van der Waals surface area contributed by atoms with Crippen molar-refractivity contribution in [3.63, 3.8) is 0 Å². The predicted octanol–water partition coefficient (Wildman–Crippen LogP) is 1.49. The van der Waals surface area contributed by atoms with Crippen molar-refractivity contribution in [2.45, 2.75) is 63.7 Å². The number of rotatable bonds is 7. The van der Waals surface area contributed by atoms with Crippen molar-refractivity contribution in [2.24, 2.45) is 5.92 Å². The first-order valence-electron chi connectivity index (χ1n) is 12.0. The third kappa shape index (κ3) is 7.10. The molecule has 4 rings (SSSR count). The van der Waals surface area contributed by atoms with Crippen molar-refractivity contribution in [1.29, 1.82) is 0 Å². The number of carboxylic acid groups (broad SMARTS) is 1. The number of carboxylic acids is 1. The number of halogens is 2. The van der Waals surface area contributed by atoms with Gasteiger partial charge in [0.2, 0.25) is 5.91 Å². The Labute approximate surface area is 245 Å². The predicted molar refractivity (Wildman–Crippen MR) is 134 cm³/mol. The number of aromatic hydroxyl groups is 1. The monoisotopic (exact) mass is 614 g/mol. The number of amides is 1. The molecule has 0 radical (unpaired) electrons. The number of piperidine rings is 1. The Morgan fingerprint density at radius 2 is 1.71 bits per heavy atom. The largest absolute Gasteiger partial charge is 1.00 e. The minimum Gasteiger partial charge on any atom is -0.550 e. The number of benzene rings is 1. The molecule has 9 heteroatoms. The molecule has 1 aliphatic carbocycles. The van der Waals surface area contributed by atoms with Gasteiger partial charge in [-0.15, -0.1) is 0 Å². The summed E-state index contributed by atoms with van der Waals surface area (Å²) < 4.78 is 1.89. The summed E-state index contributed by atoms with van der Waals surface area (Å²) in [5.41, 5.74) is 4.70. The Kier molecular flexibility index (Phi) is 10.7. The molecule has 1 N–H and O–H groups in total. The maximum atomic E-state index is 12.7. The molecule has 35 heavy (non-hydrogen) atoms. The number of aromatic nitrogens is 1. The van der Waals surface area contributed by atoms with Crippen molar-refractivity contribution in [1.82, 2.24) is 9.88 Å². The van der Waals surface area contributed by atoms with Gasteiger partial charge in [-0.2, -0.15) is 0 Å². The fourth-order valence-electron chi connectivity index (χ4n) is 5.41. The number of fused-ring (bicyclic) bond motifs is 2. The van der Waals surface area contributed by atoms with Crippen molar-refractivity contribution < 1.29 is 49.4 Å². The summed E-state index contributed by atoms with van der Waals surface area (Å²) in [4.78, 5) is 30.0. The van der Waals surface area contributed by atoms with E-state index in [1.54, 1.807) is 6.07 Å². The van der Waals surface area contributed by atoms with Crippen LogP contribution in [-0.4, -0.2) is 40.0 Å². The molecule has 1 amide bonds. The van der Waals surface area contributed by atoms with Gasteiger partial charge in [-0.25, -0.2) is 0 Å². The molecule has 1 atom stereocenters. The van der Waals surface area contributed by atoms with Crippen LogP contribution in [0.25, 0.3) is 0 Å². The van der Waals surface area contributed by atoms with Crippen LogP contribution in [0.5, 0.6) is 5.75 Å². The van der Waals surface area contributed by atoms with Gasteiger partial charge in [0, 0.05) is 46.5 Å². The van der Waals surface area contributed by atoms with Gasteiger partial charge in [0.25, 0.3) is 0 Å².